The molecular weight excluding hydrogens is 466 g/mol. The fraction of sp³-hybridized carbons (Fsp3) is 0.357. The Hall–Kier alpha value is -3.66. The number of hydrazine groups is 1. The van der Waals surface area contributed by atoms with Gasteiger partial charge in [0.05, 0.1) is 34.9 Å². The number of fused-ring (bicyclic) bond motifs is 3. The lowest BCUT2D eigenvalue weighted by Crippen LogP contribution is -2.27. The molecule has 1 aromatic carbocycles. The monoisotopic (exact) mass is 501 g/mol. The minimum Gasteiger partial charge on any atom is -0.401 e. The highest BCUT2D eigenvalue weighted by Gasteiger charge is 2.31. The van der Waals surface area contributed by atoms with Gasteiger partial charge in [-0.1, -0.05) is 30.3 Å². The number of ether oxygens (including phenoxy) is 1. The maximum Gasteiger partial charge on any atom is 0.150 e. The Morgan fingerprint density at radius 2 is 1.97 bits per heavy atom. The summed E-state index contributed by atoms with van der Waals surface area (Å²) in [4.78, 5) is 9.62. The van der Waals surface area contributed by atoms with Gasteiger partial charge in [-0.2, -0.15) is 0 Å². The van der Waals surface area contributed by atoms with Crippen molar-refractivity contribution in [2.24, 2.45) is 17.5 Å². The smallest absolute Gasteiger partial charge is 0.150 e. The number of hydrogen-bond acceptors (Lipinski definition) is 8. The third kappa shape index (κ3) is 4.73. The van der Waals surface area contributed by atoms with Crippen molar-refractivity contribution < 1.29 is 9.84 Å². The molecule has 4 heterocycles. The summed E-state index contributed by atoms with van der Waals surface area (Å²) in [5.74, 6) is 7.25. The summed E-state index contributed by atoms with van der Waals surface area (Å²) in [6, 6.07) is 14.8. The molecule has 0 spiro atoms. The molecule has 1 fully saturated rings. The fourth-order valence-electron chi connectivity index (χ4n) is 5.60. The Morgan fingerprint density at radius 1 is 1.22 bits per heavy atom. The third-order valence-electron chi connectivity index (χ3n) is 7.08. The van der Waals surface area contributed by atoms with E-state index in [4.69, 9.17) is 21.3 Å². The number of anilines is 1. The lowest BCUT2D eigenvalue weighted by molar-refractivity contribution is 0.0553. The number of rotatable bonds is 8. The van der Waals surface area contributed by atoms with E-state index in [1.807, 2.05) is 25.3 Å². The summed E-state index contributed by atoms with van der Waals surface area (Å²) in [6.07, 6.45) is 5.52. The second kappa shape index (κ2) is 10.8. The summed E-state index contributed by atoms with van der Waals surface area (Å²) in [6.45, 7) is 3.72. The Kier molecular flexibility index (Phi) is 7.27. The first-order valence-electron chi connectivity index (χ1n) is 12.7. The molecule has 9 nitrogen and oxygen atoms in total. The molecule has 0 amide bonds. The van der Waals surface area contributed by atoms with Crippen LogP contribution in [0.25, 0.3) is 27.6 Å². The van der Waals surface area contributed by atoms with Gasteiger partial charge in [-0.05, 0) is 43.4 Å². The van der Waals surface area contributed by atoms with Crippen LogP contribution in [0.3, 0.4) is 0 Å². The first kappa shape index (κ1) is 25.0. The fourth-order valence-corrected chi connectivity index (χ4v) is 5.60. The van der Waals surface area contributed by atoms with Gasteiger partial charge in [0, 0.05) is 55.8 Å². The highest BCUT2D eigenvalue weighted by molar-refractivity contribution is 6.10. The van der Waals surface area contributed by atoms with Crippen molar-refractivity contribution in [2.45, 2.75) is 25.8 Å². The second-order valence-corrected chi connectivity index (χ2v) is 9.62. The van der Waals surface area contributed by atoms with E-state index < -0.39 is 0 Å². The van der Waals surface area contributed by atoms with Gasteiger partial charge in [-0.25, -0.2) is 10.8 Å². The first-order valence-corrected chi connectivity index (χ1v) is 12.7. The van der Waals surface area contributed by atoms with Crippen LogP contribution >= 0.6 is 0 Å². The maximum atomic E-state index is 9.54. The van der Waals surface area contributed by atoms with E-state index in [-0.39, 0.29) is 12.6 Å². The van der Waals surface area contributed by atoms with Crippen molar-refractivity contribution >= 4 is 33.5 Å². The molecule has 9 heteroatoms. The van der Waals surface area contributed by atoms with Crippen LogP contribution in [0, 0.1) is 5.92 Å². The van der Waals surface area contributed by atoms with Crippen LogP contribution in [0.4, 0.5) is 5.82 Å². The Bertz CT molecular complexity index is 1400. The predicted octanol–water partition coefficient (Wildman–Crippen LogP) is 3.46. The van der Waals surface area contributed by atoms with Gasteiger partial charge in [-0.3, -0.25) is 4.98 Å². The minimum absolute atomic E-state index is 0.00946. The standard InChI is InChI=1S/C28H35N7O2/c1-18(29)25(34(2)30)21-16-23-24(33-17-21)22-8-11-31-28(32-12-13-36)27(22)35(23)26(19-6-4-3-5-7-19)20-9-14-37-15-10-20/h3-8,11,16-17,20,26,36H,9-10,12-15,29-30H2,1-2H3,(H,31,32)/b25-18-. The number of aromatic nitrogens is 3. The molecule has 5 rings (SSSR count). The van der Waals surface area contributed by atoms with Crippen molar-refractivity contribution in [3.8, 4) is 0 Å². The van der Waals surface area contributed by atoms with E-state index in [0.717, 1.165) is 65.1 Å². The van der Waals surface area contributed by atoms with E-state index in [1.54, 1.807) is 13.2 Å². The van der Waals surface area contributed by atoms with Crippen LogP contribution in [-0.2, 0) is 4.74 Å². The average molecular weight is 502 g/mol. The highest BCUT2D eigenvalue weighted by Crippen LogP contribution is 2.42. The normalized spacial score (nSPS) is 16.1. The third-order valence-corrected chi connectivity index (χ3v) is 7.08. The molecule has 1 atom stereocenters. The molecule has 0 bridgehead atoms. The van der Waals surface area contributed by atoms with E-state index in [2.05, 4.69) is 45.2 Å². The largest absolute Gasteiger partial charge is 0.401 e. The number of pyridine rings is 2. The highest BCUT2D eigenvalue weighted by atomic mass is 16.5. The van der Waals surface area contributed by atoms with Crippen LogP contribution < -0.4 is 16.9 Å². The van der Waals surface area contributed by atoms with Crippen molar-refractivity contribution in [3.05, 3.63) is 71.7 Å². The van der Waals surface area contributed by atoms with Gasteiger partial charge in [0.1, 0.15) is 0 Å². The van der Waals surface area contributed by atoms with Crippen molar-refractivity contribution in [1.29, 1.82) is 0 Å². The molecule has 3 aromatic heterocycles. The number of benzene rings is 1. The average Bonchev–Trinajstić information content (AvgIpc) is 3.23. The molecule has 6 N–H and O–H groups in total. The number of nitrogens with one attached hydrogen (secondary N) is 1. The number of allylic oxidation sites excluding steroid dienone is 1. The van der Waals surface area contributed by atoms with E-state index in [1.165, 1.54) is 10.6 Å². The zero-order chi connectivity index (χ0) is 25.9. The number of aliphatic hydroxyl groups excluding tert-OH is 1. The van der Waals surface area contributed by atoms with Gasteiger partial charge in [0.25, 0.3) is 0 Å². The number of nitrogens with zero attached hydrogens (tertiary/aromatic N) is 4. The van der Waals surface area contributed by atoms with Crippen LogP contribution in [0.2, 0.25) is 0 Å². The Morgan fingerprint density at radius 3 is 2.65 bits per heavy atom. The zero-order valence-corrected chi connectivity index (χ0v) is 21.4. The Labute approximate surface area is 216 Å². The van der Waals surface area contributed by atoms with Gasteiger partial charge < -0.3 is 30.5 Å². The Balaban J connectivity index is 1.86. The molecule has 1 unspecified atom stereocenters. The lowest BCUT2D eigenvalue weighted by atomic mass is 9.86. The molecule has 1 aliphatic rings. The van der Waals surface area contributed by atoms with Crippen LogP contribution in [0.5, 0.6) is 0 Å². The second-order valence-electron chi connectivity index (χ2n) is 9.62. The summed E-state index contributed by atoms with van der Waals surface area (Å²) < 4.78 is 8.12. The predicted molar refractivity (Wildman–Crippen MR) is 147 cm³/mol. The van der Waals surface area contributed by atoms with Gasteiger partial charge >= 0.3 is 0 Å². The van der Waals surface area contributed by atoms with Gasteiger partial charge in [0.2, 0.25) is 0 Å². The number of hydrogen-bond donors (Lipinski definition) is 4. The summed E-state index contributed by atoms with van der Waals surface area (Å²) in [5.41, 5.74) is 12.5. The van der Waals surface area contributed by atoms with Crippen LogP contribution in [0.1, 0.15) is 36.9 Å². The first-order chi connectivity index (χ1) is 18.0. The zero-order valence-electron chi connectivity index (χ0n) is 21.4. The van der Waals surface area contributed by atoms with Crippen molar-refractivity contribution in [3.63, 3.8) is 0 Å². The lowest BCUT2D eigenvalue weighted by Gasteiger charge is -2.33. The number of aliphatic hydroxyl groups is 1. The quantitative estimate of drug-likeness (QED) is 0.214. The molecule has 4 aromatic rings. The van der Waals surface area contributed by atoms with E-state index in [9.17, 15) is 5.11 Å². The SMILES string of the molecule is C/C(N)=C(\c1cnc2c3ccnc(NCCO)c3n(C(c3ccccc3)C3CCOCC3)c2c1)N(C)N. The summed E-state index contributed by atoms with van der Waals surface area (Å²) in [5, 5.41) is 15.4. The molecule has 0 saturated carbocycles. The van der Waals surface area contributed by atoms with Crippen molar-refractivity contribution in [2.75, 3.05) is 38.7 Å². The molecule has 1 saturated heterocycles. The van der Waals surface area contributed by atoms with Crippen LogP contribution in [0.15, 0.2) is 60.6 Å². The number of nitrogens with two attached hydrogens (primary N) is 2. The molecule has 0 aliphatic carbocycles. The minimum atomic E-state index is 0.00946. The molecule has 37 heavy (non-hydrogen) atoms. The summed E-state index contributed by atoms with van der Waals surface area (Å²) >= 11 is 0. The molecule has 1 aliphatic heterocycles. The molecule has 0 radical (unpaired) electrons. The van der Waals surface area contributed by atoms with Gasteiger partial charge in [0.15, 0.2) is 5.82 Å². The van der Waals surface area contributed by atoms with Gasteiger partial charge in [-0.15, -0.1) is 0 Å². The van der Waals surface area contributed by atoms with Crippen molar-refractivity contribution in [1.82, 2.24) is 19.5 Å². The molecule has 194 valence electrons. The maximum absolute atomic E-state index is 9.54. The summed E-state index contributed by atoms with van der Waals surface area (Å²) in [7, 11) is 1.78. The topological polar surface area (TPSA) is 127 Å². The molecular formula is C28H35N7O2. The van der Waals surface area contributed by atoms with E-state index >= 15 is 0 Å². The van der Waals surface area contributed by atoms with Crippen LogP contribution in [-0.4, -0.2) is 58.1 Å². The van der Waals surface area contributed by atoms with E-state index in [0.29, 0.717) is 18.2 Å².